The SMILES string of the molecule is CCS(=O)(=O)NCCCNC(=NC)N1CC(C)CC(C)C1.I. The van der Waals surface area contributed by atoms with Crippen molar-refractivity contribution in [2.75, 3.05) is 39.0 Å². The molecule has 1 aliphatic heterocycles. The van der Waals surface area contributed by atoms with Gasteiger partial charge < -0.3 is 10.2 Å². The molecule has 1 aliphatic rings. The molecule has 0 saturated carbocycles. The molecule has 1 saturated heterocycles. The Morgan fingerprint density at radius 2 is 1.82 bits per heavy atom. The Bertz CT molecular complexity index is 432. The van der Waals surface area contributed by atoms with Crippen molar-refractivity contribution in [2.24, 2.45) is 16.8 Å². The number of guanidine groups is 1. The predicted octanol–water partition coefficient (Wildman–Crippen LogP) is 1.49. The van der Waals surface area contributed by atoms with Gasteiger partial charge in [0.15, 0.2) is 5.96 Å². The number of nitrogens with one attached hydrogen (secondary N) is 2. The van der Waals surface area contributed by atoms with Gasteiger partial charge in [0.2, 0.25) is 10.0 Å². The second-order valence-corrected chi connectivity index (χ2v) is 8.07. The molecule has 0 spiro atoms. The first-order valence-corrected chi connectivity index (χ1v) is 9.46. The topological polar surface area (TPSA) is 73.8 Å². The van der Waals surface area contributed by atoms with Crippen molar-refractivity contribution in [3.63, 3.8) is 0 Å². The molecule has 1 heterocycles. The van der Waals surface area contributed by atoms with Crippen LogP contribution in [0, 0.1) is 11.8 Å². The summed E-state index contributed by atoms with van der Waals surface area (Å²) in [5.41, 5.74) is 0. The fourth-order valence-corrected chi connectivity index (χ4v) is 3.45. The fraction of sp³-hybridized carbons (Fsp3) is 0.929. The van der Waals surface area contributed by atoms with E-state index in [0.717, 1.165) is 32.0 Å². The van der Waals surface area contributed by atoms with E-state index in [0.29, 0.717) is 18.4 Å². The number of hydrogen-bond donors (Lipinski definition) is 2. The number of hydrogen-bond acceptors (Lipinski definition) is 3. The van der Waals surface area contributed by atoms with Crippen molar-refractivity contribution in [1.29, 1.82) is 0 Å². The van der Waals surface area contributed by atoms with E-state index in [2.05, 4.69) is 33.8 Å². The maximum absolute atomic E-state index is 11.3. The zero-order chi connectivity index (χ0) is 15.9. The van der Waals surface area contributed by atoms with Crippen LogP contribution in [0.1, 0.15) is 33.6 Å². The van der Waals surface area contributed by atoms with E-state index in [9.17, 15) is 8.42 Å². The van der Waals surface area contributed by atoms with E-state index in [-0.39, 0.29) is 29.7 Å². The highest BCUT2D eigenvalue weighted by Gasteiger charge is 2.23. The van der Waals surface area contributed by atoms with Crippen molar-refractivity contribution in [3.05, 3.63) is 0 Å². The van der Waals surface area contributed by atoms with Gasteiger partial charge in [-0.25, -0.2) is 13.1 Å². The minimum atomic E-state index is -3.08. The van der Waals surface area contributed by atoms with Gasteiger partial charge in [0.25, 0.3) is 0 Å². The molecule has 2 N–H and O–H groups in total. The van der Waals surface area contributed by atoms with Crippen molar-refractivity contribution < 1.29 is 8.42 Å². The van der Waals surface area contributed by atoms with Crippen LogP contribution in [0.3, 0.4) is 0 Å². The van der Waals surface area contributed by atoms with Crippen LogP contribution in [-0.2, 0) is 10.0 Å². The summed E-state index contributed by atoms with van der Waals surface area (Å²) in [6.45, 7) is 9.44. The molecule has 1 rings (SSSR count). The molecule has 0 aromatic carbocycles. The molecule has 8 heteroatoms. The highest BCUT2D eigenvalue weighted by molar-refractivity contribution is 14.0. The number of nitrogens with zero attached hydrogens (tertiary/aromatic N) is 2. The molecule has 132 valence electrons. The predicted molar refractivity (Wildman–Crippen MR) is 103 cm³/mol. The Balaban J connectivity index is 0.00000441. The lowest BCUT2D eigenvalue weighted by Gasteiger charge is -2.37. The number of aliphatic imine (C=N–C) groups is 1. The molecule has 2 atom stereocenters. The molecule has 22 heavy (non-hydrogen) atoms. The van der Waals surface area contributed by atoms with Crippen LogP contribution in [0.4, 0.5) is 0 Å². The summed E-state index contributed by atoms with van der Waals surface area (Å²) in [5, 5.41) is 3.33. The summed E-state index contributed by atoms with van der Waals surface area (Å²) in [4.78, 5) is 6.64. The molecule has 0 aliphatic carbocycles. The second-order valence-electron chi connectivity index (χ2n) is 5.98. The third-order valence-electron chi connectivity index (χ3n) is 3.72. The van der Waals surface area contributed by atoms with Gasteiger partial charge in [-0.15, -0.1) is 24.0 Å². The van der Waals surface area contributed by atoms with Gasteiger partial charge in [-0.2, -0.15) is 0 Å². The molecular formula is C14H31IN4O2S. The van der Waals surface area contributed by atoms with E-state index >= 15 is 0 Å². The second kappa shape index (κ2) is 10.6. The monoisotopic (exact) mass is 446 g/mol. The third-order valence-corrected chi connectivity index (χ3v) is 5.12. The van der Waals surface area contributed by atoms with Crippen LogP contribution in [0.5, 0.6) is 0 Å². The van der Waals surface area contributed by atoms with E-state index in [1.165, 1.54) is 6.42 Å². The number of likely N-dealkylation sites (tertiary alicyclic amines) is 1. The van der Waals surface area contributed by atoms with E-state index in [4.69, 9.17) is 0 Å². The Labute approximate surface area is 152 Å². The first-order valence-electron chi connectivity index (χ1n) is 7.80. The lowest BCUT2D eigenvalue weighted by molar-refractivity contribution is 0.208. The van der Waals surface area contributed by atoms with E-state index < -0.39 is 10.0 Å². The summed E-state index contributed by atoms with van der Waals surface area (Å²) in [6.07, 6.45) is 2.02. The molecule has 0 amide bonds. The Morgan fingerprint density at radius 3 is 2.32 bits per heavy atom. The van der Waals surface area contributed by atoms with Gasteiger partial charge in [0.05, 0.1) is 5.75 Å². The highest BCUT2D eigenvalue weighted by atomic mass is 127. The summed E-state index contributed by atoms with van der Waals surface area (Å²) < 4.78 is 25.2. The van der Waals surface area contributed by atoms with Gasteiger partial charge in [-0.1, -0.05) is 13.8 Å². The standard InChI is InChI=1S/C14H30N4O2S.HI/c1-5-21(19,20)17-8-6-7-16-14(15-4)18-10-12(2)9-13(3)11-18;/h12-13,17H,5-11H2,1-4H3,(H,15,16);1H. The van der Waals surface area contributed by atoms with Crippen LogP contribution >= 0.6 is 24.0 Å². The molecule has 6 nitrogen and oxygen atoms in total. The smallest absolute Gasteiger partial charge is 0.211 e. The Kier molecular flexibility index (Phi) is 10.6. The van der Waals surface area contributed by atoms with Gasteiger partial charge in [-0.3, -0.25) is 4.99 Å². The van der Waals surface area contributed by atoms with Gasteiger partial charge in [0, 0.05) is 33.2 Å². The minimum Gasteiger partial charge on any atom is -0.356 e. The lowest BCUT2D eigenvalue weighted by Crippen LogP contribution is -2.48. The van der Waals surface area contributed by atoms with Crippen molar-refractivity contribution in [3.8, 4) is 0 Å². The molecule has 1 fully saturated rings. The van der Waals surface area contributed by atoms with E-state index in [1.807, 2.05) is 0 Å². The molecule has 0 radical (unpaired) electrons. The maximum atomic E-state index is 11.3. The summed E-state index contributed by atoms with van der Waals surface area (Å²) >= 11 is 0. The third kappa shape index (κ3) is 7.96. The van der Waals surface area contributed by atoms with Crippen molar-refractivity contribution in [2.45, 2.75) is 33.6 Å². The van der Waals surface area contributed by atoms with Gasteiger partial charge in [0.1, 0.15) is 0 Å². The fourth-order valence-electron chi connectivity index (χ4n) is 2.79. The van der Waals surface area contributed by atoms with Crippen LogP contribution < -0.4 is 10.0 Å². The highest BCUT2D eigenvalue weighted by Crippen LogP contribution is 2.20. The first kappa shape index (κ1) is 21.9. The molecule has 0 bridgehead atoms. The van der Waals surface area contributed by atoms with E-state index in [1.54, 1.807) is 14.0 Å². The average Bonchev–Trinajstić information content (AvgIpc) is 2.41. The van der Waals surface area contributed by atoms with Gasteiger partial charge in [-0.05, 0) is 31.6 Å². The summed E-state index contributed by atoms with van der Waals surface area (Å²) in [6, 6.07) is 0. The summed E-state index contributed by atoms with van der Waals surface area (Å²) in [7, 11) is -1.28. The van der Waals surface area contributed by atoms with Crippen LogP contribution in [0.25, 0.3) is 0 Å². The Morgan fingerprint density at radius 1 is 1.23 bits per heavy atom. The zero-order valence-electron chi connectivity index (χ0n) is 14.1. The van der Waals surface area contributed by atoms with Crippen LogP contribution in [0.15, 0.2) is 4.99 Å². The quantitative estimate of drug-likeness (QED) is 0.281. The Hall–Kier alpha value is -0.0900. The first-order chi connectivity index (χ1) is 9.88. The average molecular weight is 446 g/mol. The number of halogens is 1. The lowest BCUT2D eigenvalue weighted by atomic mass is 9.92. The van der Waals surface area contributed by atoms with Crippen LogP contribution in [-0.4, -0.2) is 58.3 Å². The normalized spacial score (nSPS) is 23.1. The molecule has 0 aromatic heterocycles. The number of piperidine rings is 1. The van der Waals surface area contributed by atoms with Crippen LogP contribution in [0.2, 0.25) is 0 Å². The molecular weight excluding hydrogens is 415 g/mol. The number of sulfonamides is 1. The number of rotatable bonds is 6. The maximum Gasteiger partial charge on any atom is 0.211 e. The van der Waals surface area contributed by atoms with Crippen molar-refractivity contribution >= 4 is 40.0 Å². The molecule has 0 aromatic rings. The zero-order valence-corrected chi connectivity index (χ0v) is 17.3. The largest absolute Gasteiger partial charge is 0.356 e. The minimum absolute atomic E-state index is 0. The van der Waals surface area contributed by atoms with Gasteiger partial charge >= 0.3 is 0 Å². The molecule has 2 unspecified atom stereocenters. The summed E-state index contributed by atoms with van der Waals surface area (Å²) in [5.74, 6) is 2.42. The van der Waals surface area contributed by atoms with Crippen molar-refractivity contribution in [1.82, 2.24) is 14.9 Å².